The number of carbonyl (C=O) groups is 1. The number of piperidine rings is 1. The molecule has 144 valence electrons. The second-order valence-electron chi connectivity index (χ2n) is 7.81. The number of benzene rings is 2. The molecule has 1 saturated heterocycles. The van der Waals surface area contributed by atoms with Crippen LogP contribution in [0, 0.1) is 5.92 Å². The summed E-state index contributed by atoms with van der Waals surface area (Å²) >= 11 is 0. The van der Waals surface area contributed by atoms with Gasteiger partial charge in [0.2, 0.25) is 5.91 Å². The monoisotopic (exact) mass is 365 g/mol. The maximum atomic E-state index is 12.8. The minimum atomic E-state index is 0.0369. The van der Waals surface area contributed by atoms with E-state index in [2.05, 4.69) is 69.7 Å². The molecule has 0 aromatic heterocycles. The molecule has 1 aliphatic rings. The highest BCUT2D eigenvalue weighted by molar-refractivity contribution is 5.79. The van der Waals surface area contributed by atoms with Crippen LogP contribution in [0.1, 0.15) is 23.5 Å². The summed E-state index contributed by atoms with van der Waals surface area (Å²) in [6.45, 7) is 4.30. The topological polar surface area (TPSA) is 35.6 Å². The molecule has 4 nitrogen and oxygen atoms in total. The Balaban J connectivity index is 1.69. The molecular formula is C23H31N3O. The Morgan fingerprint density at radius 2 is 1.70 bits per heavy atom. The molecule has 3 rings (SSSR count). The highest BCUT2D eigenvalue weighted by Gasteiger charge is 2.32. The van der Waals surface area contributed by atoms with Crippen molar-refractivity contribution in [3.05, 3.63) is 71.8 Å². The maximum Gasteiger partial charge on any atom is 0.224 e. The van der Waals surface area contributed by atoms with Crippen LogP contribution in [0.15, 0.2) is 60.7 Å². The lowest BCUT2D eigenvalue weighted by Crippen LogP contribution is -2.46. The summed E-state index contributed by atoms with van der Waals surface area (Å²) in [6.07, 6.45) is 0.920. The molecule has 1 amide bonds. The van der Waals surface area contributed by atoms with E-state index in [1.165, 1.54) is 11.1 Å². The number of rotatable bonds is 7. The minimum Gasteiger partial charge on any atom is -0.355 e. The molecule has 1 fully saturated rings. The van der Waals surface area contributed by atoms with E-state index < -0.39 is 0 Å². The fourth-order valence-corrected chi connectivity index (χ4v) is 3.86. The number of nitrogens with zero attached hydrogens (tertiary/aromatic N) is 2. The number of carbonyl (C=O) groups excluding carboxylic acids is 1. The van der Waals surface area contributed by atoms with Gasteiger partial charge >= 0.3 is 0 Å². The molecular weight excluding hydrogens is 334 g/mol. The molecule has 2 atom stereocenters. The Bertz CT molecular complexity index is 702. The summed E-state index contributed by atoms with van der Waals surface area (Å²) in [6, 6.07) is 21.2. The van der Waals surface area contributed by atoms with Crippen molar-refractivity contribution >= 4 is 5.91 Å². The van der Waals surface area contributed by atoms with Crippen molar-refractivity contribution in [2.24, 2.45) is 5.92 Å². The molecule has 2 aromatic rings. The van der Waals surface area contributed by atoms with Crippen LogP contribution in [0.3, 0.4) is 0 Å². The molecule has 0 aliphatic carbocycles. The predicted octanol–water partition coefficient (Wildman–Crippen LogP) is 2.97. The Morgan fingerprint density at radius 3 is 2.37 bits per heavy atom. The van der Waals surface area contributed by atoms with Crippen molar-refractivity contribution in [1.29, 1.82) is 0 Å². The largest absolute Gasteiger partial charge is 0.355 e. The van der Waals surface area contributed by atoms with Gasteiger partial charge in [-0.2, -0.15) is 0 Å². The van der Waals surface area contributed by atoms with Crippen LogP contribution in [0.2, 0.25) is 0 Å². The molecule has 0 radical (unpaired) electrons. The third kappa shape index (κ3) is 5.91. The molecule has 1 aliphatic heterocycles. The molecule has 0 spiro atoms. The number of likely N-dealkylation sites (tertiary alicyclic amines) is 1. The van der Waals surface area contributed by atoms with Gasteiger partial charge in [0.1, 0.15) is 0 Å². The van der Waals surface area contributed by atoms with Gasteiger partial charge in [-0.05, 0) is 37.6 Å². The number of hydrogen-bond acceptors (Lipinski definition) is 3. The van der Waals surface area contributed by atoms with E-state index in [1.807, 2.05) is 20.2 Å². The van der Waals surface area contributed by atoms with Crippen LogP contribution in [-0.4, -0.2) is 56.0 Å². The molecule has 1 N–H and O–H groups in total. The van der Waals surface area contributed by atoms with Crippen LogP contribution in [0.5, 0.6) is 0 Å². The zero-order chi connectivity index (χ0) is 19.1. The smallest absolute Gasteiger partial charge is 0.224 e. The van der Waals surface area contributed by atoms with Crippen molar-refractivity contribution in [3.63, 3.8) is 0 Å². The highest BCUT2D eigenvalue weighted by atomic mass is 16.1. The Labute approximate surface area is 163 Å². The average Bonchev–Trinajstić information content (AvgIpc) is 2.69. The predicted molar refractivity (Wildman–Crippen MR) is 111 cm³/mol. The fourth-order valence-electron chi connectivity index (χ4n) is 3.86. The summed E-state index contributed by atoms with van der Waals surface area (Å²) in [7, 11) is 4.06. The first-order chi connectivity index (χ1) is 13.1. The van der Waals surface area contributed by atoms with Crippen LogP contribution >= 0.6 is 0 Å². The van der Waals surface area contributed by atoms with E-state index in [1.54, 1.807) is 0 Å². The van der Waals surface area contributed by atoms with E-state index in [4.69, 9.17) is 0 Å². The zero-order valence-corrected chi connectivity index (χ0v) is 16.5. The van der Waals surface area contributed by atoms with E-state index in [9.17, 15) is 4.79 Å². The lowest BCUT2D eigenvalue weighted by molar-refractivity contribution is -0.127. The van der Waals surface area contributed by atoms with Crippen molar-refractivity contribution in [2.75, 3.05) is 40.3 Å². The maximum absolute atomic E-state index is 12.8. The second kappa shape index (κ2) is 9.67. The van der Waals surface area contributed by atoms with Crippen LogP contribution in [0.25, 0.3) is 0 Å². The lowest BCUT2D eigenvalue weighted by Gasteiger charge is -2.37. The highest BCUT2D eigenvalue weighted by Crippen LogP contribution is 2.31. The molecule has 27 heavy (non-hydrogen) atoms. The molecule has 1 heterocycles. The Morgan fingerprint density at radius 1 is 1.04 bits per heavy atom. The molecule has 2 aromatic carbocycles. The Kier molecular flexibility index (Phi) is 7.02. The molecule has 0 bridgehead atoms. The molecule has 2 unspecified atom stereocenters. The standard InChI is InChI=1S/C23H31N3O/c1-25(2)14-13-24-23(27)22-15-21(20-11-7-4-8-12-20)17-26(18-22)16-19-9-5-3-6-10-19/h3-12,21-22H,13-18H2,1-2H3,(H,24,27). The summed E-state index contributed by atoms with van der Waals surface area (Å²) in [5.74, 6) is 0.624. The lowest BCUT2D eigenvalue weighted by atomic mass is 9.84. The van der Waals surface area contributed by atoms with Crippen LogP contribution in [0.4, 0.5) is 0 Å². The van der Waals surface area contributed by atoms with Crippen molar-refractivity contribution in [1.82, 2.24) is 15.1 Å². The first-order valence-electron chi connectivity index (χ1n) is 9.85. The average molecular weight is 366 g/mol. The molecule has 4 heteroatoms. The number of nitrogens with one attached hydrogen (secondary N) is 1. The SMILES string of the molecule is CN(C)CCNC(=O)C1CC(c2ccccc2)CN(Cc2ccccc2)C1. The first kappa shape index (κ1) is 19.6. The summed E-state index contributed by atoms with van der Waals surface area (Å²) in [4.78, 5) is 17.3. The van der Waals surface area contributed by atoms with E-state index >= 15 is 0 Å². The third-order valence-electron chi connectivity index (χ3n) is 5.28. The van der Waals surface area contributed by atoms with Gasteiger partial charge in [0.05, 0.1) is 5.92 Å². The van der Waals surface area contributed by atoms with Crippen molar-refractivity contribution in [3.8, 4) is 0 Å². The summed E-state index contributed by atoms with van der Waals surface area (Å²) < 4.78 is 0. The van der Waals surface area contributed by atoms with Crippen molar-refractivity contribution in [2.45, 2.75) is 18.9 Å². The summed E-state index contributed by atoms with van der Waals surface area (Å²) in [5.41, 5.74) is 2.64. The normalized spacial score (nSPS) is 20.6. The van der Waals surface area contributed by atoms with Gasteiger partial charge in [0.15, 0.2) is 0 Å². The first-order valence-corrected chi connectivity index (χ1v) is 9.85. The van der Waals surface area contributed by atoms with Gasteiger partial charge in [-0.15, -0.1) is 0 Å². The Hall–Kier alpha value is -2.17. The van der Waals surface area contributed by atoms with E-state index in [0.29, 0.717) is 12.5 Å². The van der Waals surface area contributed by atoms with Gasteiger partial charge in [-0.3, -0.25) is 9.69 Å². The van der Waals surface area contributed by atoms with E-state index in [0.717, 1.165) is 32.6 Å². The number of likely N-dealkylation sites (N-methyl/N-ethyl adjacent to an activating group) is 1. The number of amides is 1. The third-order valence-corrected chi connectivity index (χ3v) is 5.28. The molecule has 0 saturated carbocycles. The van der Waals surface area contributed by atoms with Gasteiger partial charge in [0, 0.05) is 32.7 Å². The van der Waals surface area contributed by atoms with Crippen LogP contribution < -0.4 is 5.32 Å². The zero-order valence-electron chi connectivity index (χ0n) is 16.5. The summed E-state index contributed by atoms with van der Waals surface area (Å²) in [5, 5.41) is 3.13. The van der Waals surface area contributed by atoms with Crippen molar-refractivity contribution < 1.29 is 4.79 Å². The quantitative estimate of drug-likeness (QED) is 0.819. The van der Waals surface area contributed by atoms with Gasteiger partial charge in [0.25, 0.3) is 0 Å². The van der Waals surface area contributed by atoms with Gasteiger partial charge in [-0.25, -0.2) is 0 Å². The number of hydrogen-bond donors (Lipinski definition) is 1. The van der Waals surface area contributed by atoms with Crippen LogP contribution in [-0.2, 0) is 11.3 Å². The minimum absolute atomic E-state index is 0.0369. The van der Waals surface area contributed by atoms with Gasteiger partial charge in [-0.1, -0.05) is 60.7 Å². The van der Waals surface area contributed by atoms with Gasteiger partial charge < -0.3 is 10.2 Å². The fraction of sp³-hybridized carbons (Fsp3) is 0.435. The second-order valence-corrected chi connectivity index (χ2v) is 7.81. The van der Waals surface area contributed by atoms with E-state index in [-0.39, 0.29) is 11.8 Å².